The summed E-state index contributed by atoms with van der Waals surface area (Å²) in [5.41, 5.74) is 0. The number of aliphatic carboxylic acids is 1. The quantitative estimate of drug-likeness (QED) is 0.624. The van der Waals surface area contributed by atoms with Crippen LogP contribution in [0.1, 0.15) is 26.2 Å². The normalized spacial score (nSPS) is 17.7. The molecule has 1 unspecified atom stereocenters. The third-order valence-corrected chi connectivity index (χ3v) is 2.95. The van der Waals surface area contributed by atoms with E-state index < -0.39 is 5.97 Å². The van der Waals surface area contributed by atoms with E-state index in [1.165, 1.54) is 12.8 Å². The number of carbonyl (C=O) groups excluding carboxylic acids is 1. The molecule has 17 heavy (non-hydrogen) atoms. The molecule has 0 saturated carbocycles. The fourth-order valence-corrected chi connectivity index (χ4v) is 1.90. The second-order valence-electron chi connectivity index (χ2n) is 4.37. The van der Waals surface area contributed by atoms with Gasteiger partial charge in [-0.2, -0.15) is 0 Å². The summed E-state index contributed by atoms with van der Waals surface area (Å²) >= 11 is 0. The molecule has 3 N–H and O–H groups in total. The van der Waals surface area contributed by atoms with Crippen LogP contribution in [0.2, 0.25) is 0 Å². The minimum absolute atomic E-state index is 0.0465. The molecule has 1 heterocycles. The SMILES string of the molecule is CC(CNC(=O)NCCC(=O)O)N1CCCC1. The Bertz CT molecular complexity index is 265. The van der Waals surface area contributed by atoms with E-state index in [2.05, 4.69) is 22.5 Å². The molecule has 0 aromatic carbocycles. The van der Waals surface area contributed by atoms with E-state index in [1.54, 1.807) is 0 Å². The van der Waals surface area contributed by atoms with Gasteiger partial charge in [-0.05, 0) is 32.9 Å². The van der Waals surface area contributed by atoms with Crippen molar-refractivity contribution in [2.24, 2.45) is 0 Å². The first-order chi connectivity index (χ1) is 8.09. The lowest BCUT2D eigenvalue weighted by atomic mass is 10.3. The van der Waals surface area contributed by atoms with Gasteiger partial charge in [0, 0.05) is 19.1 Å². The van der Waals surface area contributed by atoms with E-state index >= 15 is 0 Å². The van der Waals surface area contributed by atoms with Gasteiger partial charge in [0.15, 0.2) is 0 Å². The topological polar surface area (TPSA) is 81.7 Å². The van der Waals surface area contributed by atoms with Crippen molar-refractivity contribution in [3.63, 3.8) is 0 Å². The Balaban J connectivity index is 2.08. The molecule has 1 aliphatic rings. The molecule has 98 valence electrons. The van der Waals surface area contributed by atoms with Crippen molar-refractivity contribution < 1.29 is 14.7 Å². The van der Waals surface area contributed by atoms with Gasteiger partial charge in [0.1, 0.15) is 0 Å². The molecule has 0 aromatic heterocycles. The number of nitrogens with zero attached hydrogens (tertiary/aromatic N) is 1. The maximum Gasteiger partial charge on any atom is 0.314 e. The largest absolute Gasteiger partial charge is 0.481 e. The molecular weight excluding hydrogens is 222 g/mol. The van der Waals surface area contributed by atoms with Crippen molar-refractivity contribution >= 4 is 12.0 Å². The van der Waals surface area contributed by atoms with Gasteiger partial charge in [-0.25, -0.2) is 4.79 Å². The van der Waals surface area contributed by atoms with Crippen LogP contribution < -0.4 is 10.6 Å². The molecule has 1 fully saturated rings. The molecule has 0 aliphatic carbocycles. The summed E-state index contributed by atoms with van der Waals surface area (Å²) in [6.45, 7) is 5.05. The number of carboxylic acids is 1. The van der Waals surface area contributed by atoms with Crippen molar-refractivity contribution in [3.05, 3.63) is 0 Å². The van der Waals surface area contributed by atoms with E-state index in [-0.39, 0.29) is 19.0 Å². The molecule has 6 heteroatoms. The molecule has 0 radical (unpaired) electrons. The molecule has 1 atom stereocenters. The lowest BCUT2D eigenvalue weighted by Gasteiger charge is -2.23. The third kappa shape index (κ3) is 5.53. The van der Waals surface area contributed by atoms with Gasteiger partial charge in [0.2, 0.25) is 0 Å². The molecule has 2 amide bonds. The van der Waals surface area contributed by atoms with Crippen LogP contribution >= 0.6 is 0 Å². The zero-order valence-electron chi connectivity index (χ0n) is 10.2. The number of hydrogen-bond acceptors (Lipinski definition) is 3. The van der Waals surface area contributed by atoms with Gasteiger partial charge in [-0.1, -0.05) is 0 Å². The van der Waals surface area contributed by atoms with Gasteiger partial charge in [-0.3, -0.25) is 9.69 Å². The summed E-state index contributed by atoms with van der Waals surface area (Å²) in [6, 6.07) is 0.0417. The summed E-state index contributed by atoms with van der Waals surface area (Å²) in [6.07, 6.45) is 2.42. The Labute approximate surface area is 101 Å². The Hall–Kier alpha value is -1.30. The molecular formula is C11H21N3O3. The molecule has 1 aliphatic heterocycles. The first-order valence-corrected chi connectivity index (χ1v) is 6.07. The monoisotopic (exact) mass is 243 g/mol. The van der Waals surface area contributed by atoms with Crippen molar-refractivity contribution in [1.29, 1.82) is 0 Å². The van der Waals surface area contributed by atoms with E-state index in [0.717, 1.165) is 13.1 Å². The molecule has 0 spiro atoms. The summed E-state index contributed by atoms with van der Waals surface area (Å²) in [5.74, 6) is -0.907. The summed E-state index contributed by atoms with van der Waals surface area (Å²) in [4.78, 5) is 23.9. The first kappa shape index (κ1) is 13.8. The number of hydrogen-bond donors (Lipinski definition) is 3. The molecule has 1 saturated heterocycles. The van der Waals surface area contributed by atoms with Gasteiger partial charge >= 0.3 is 12.0 Å². The molecule has 0 aromatic rings. The first-order valence-electron chi connectivity index (χ1n) is 6.07. The zero-order chi connectivity index (χ0) is 12.7. The van der Waals surface area contributed by atoms with Crippen LogP contribution in [0.3, 0.4) is 0 Å². The number of nitrogens with one attached hydrogen (secondary N) is 2. The summed E-state index contributed by atoms with van der Waals surface area (Å²) in [7, 11) is 0. The van der Waals surface area contributed by atoms with Crippen LogP contribution in [0.4, 0.5) is 4.79 Å². The van der Waals surface area contributed by atoms with Crippen LogP contribution in [-0.2, 0) is 4.79 Å². The van der Waals surface area contributed by atoms with Crippen molar-refractivity contribution in [3.8, 4) is 0 Å². The number of urea groups is 1. The van der Waals surface area contributed by atoms with Crippen molar-refractivity contribution in [2.45, 2.75) is 32.2 Å². The number of likely N-dealkylation sites (tertiary alicyclic amines) is 1. The molecule has 1 rings (SSSR count). The lowest BCUT2D eigenvalue weighted by molar-refractivity contribution is -0.136. The van der Waals surface area contributed by atoms with E-state index in [9.17, 15) is 9.59 Å². The second-order valence-corrected chi connectivity index (χ2v) is 4.37. The fraction of sp³-hybridized carbons (Fsp3) is 0.818. The fourth-order valence-electron chi connectivity index (χ4n) is 1.90. The minimum atomic E-state index is -0.907. The maximum absolute atomic E-state index is 11.3. The van der Waals surface area contributed by atoms with Crippen LogP contribution in [0.5, 0.6) is 0 Å². The van der Waals surface area contributed by atoms with Crippen LogP contribution in [0.25, 0.3) is 0 Å². The van der Waals surface area contributed by atoms with Crippen molar-refractivity contribution in [2.75, 3.05) is 26.2 Å². The van der Waals surface area contributed by atoms with Crippen molar-refractivity contribution in [1.82, 2.24) is 15.5 Å². The van der Waals surface area contributed by atoms with Crippen LogP contribution in [0.15, 0.2) is 0 Å². The van der Waals surface area contributed by atoms with E-state index in [0.29, 0.717) is 12.6 Å². The Kier molecular flexibility index (Phi) is 5.76. The smallest absolute Gasteiger partial charge is 0.314 e. The summed E-state index contributed by atoms with van der Waals surface area (Å²) < 4.78 is 0. The predicted molar refractivity (Wildman–Crippen MR) is 63.9 cm³/mol. The third-order valence-electron chi connectivity index (χ3n) is 2.95. The van der Waals surface area contributed by atoms with Gasteiger partial charge in [0.25, 0.3) is 0 Å². The molecule has 6 nitrogen and oxygen atoms in total. The highest BCUT2D eigenvalue weighted by molar-refractivity contribution is 5.74. The van der Waals surface area contributed by atoms with Gasteiger partial charge in [-0.15, -0.1) is 0 Å². The van der Waals surface area contributed by atoms with Crippen LogP contribution in [-0.4, -0.2) is 54.2 Å². The number of rotatable bonds is 6. The second kappa shape index (κ2) is 7.11. The highest BCUT2D eigenvalue weighted by Gasteiger charge is 2.18. The average molecular weight is 243 g/mol. The average Bonchev–Trinajstić information content (AvgIpc) is 2.78. The molecule has 0 bridgehead atoms. The zero-order valence-corrected chi connectivity index (χ0v) is 10.2. The number of carboxylic acid groups (broad SMARTS) is 1. The lowest BCUT2D eigenvalue weighted by Crippen LogP contribution is -2.44. The minimum Gasteiger partial charge on any atom is -0.481 e. The number of carbonyl (C=O) groups is 2. The Morgan fingerprint density at radius 2 is 1.94 bits per heavy atom. The predicted octanol–water partition coefficient (Wildman–Crippen LogP) is 0.245. The maximum atomic E-state index is 11.3. The van der Waals surface area contributed by atoms with Gasteiger partial charge < -0.3 is 15.7 Å². The van der Waals surface area contributed by atoms with Gasteiger partial charge in [0.05, 0.1) is 6.42 Å². The van der Waals surface area contributed by atoms with Crippen LogP contribution in [0, 0.1) is 0 Å². The summed E-state index contributed by atoms with van der Waals surface area (Å²) in [5, 5.41) is 13.7. The number of amides is 2. The Morgan fingerprint density at radius 1 is 1.29 bits per heavy atom. The Morgan fingerprint density at radius 3 is 2.53 bits per heavy atom. The van der Waals surface area contributed by atoms with E-state index in [4.69, 9.17) is 5.11 Å². The standard InChI is InChI=1S/C11H21N3O3/c1-9(14-6-2-3-7-14)8-13-11(17)12-5-4-10(15)16/h9H,2-8H2,1H3,(H,15,16)(H2,12,13,17). The highest BCUT2D eigenvalue weighted by atomic mass is 16.4. The van der Waals surface area contributed by atoms with E-state index in [1.807, 2.05) is 0 Å². The highest BCUT2D eigenvalue weighted by Crippen LogP contribution is 2.10.